The second-order valence-electron chi connectivity index (χ2n) is 7.66. The molecule has 0 aliphatic carbocycles. The van der Waals surface area contributed by atoms with Gasteiger partial charge in [-0.3, -0.25) is 9.59 Å². The van der Waals surface area contributed by atoms with E-state index < -0.39 is 23.8 Å². The first-order chi connectivity index (χ1) is 16.4. The molecule has 1 heterocycles. The summed E-state index contributed by atoms with van der Waals surface area (Å²) in [6.07, 6.45) is 1.44. The van der Waals surface area contributed by atoms with Crippen molar-refractivity contribution < 1.29 is 33.3 Å². The number of benzene rings is 2. The van der Waals surface area contributed by atoms with Crippen LogP contribution in [0, 0.1) is 5.92 Å². The predicted molar refractivity (Wildman–Crippen MR) is 123 cm³/mol. The molecule has 1 unspecified atom stereocenters. The molecule has 0 bridgehead atoms. The van der Waals surface area contributed by atoms with E-state index in [9.17, 15) is 14.4 Å². The Labute approximate surface area is 197 Å². The molecule has 0 radical (unpaired) electrons. The van der Waals surface area contributed by atoms with Gasteiger partial charge in [0.15, 0.2) is 18.1 Å². The molecule has 10 nitrogen and oxygen atoms in total. The number of carbonyl (C=O) groups is 3. The first-order valence-electron chi connectivity index (χ1n) is 10.8. The van der Waals surface area contributed by atoms with Crippen molar-refractivity contribution in [2.45, 2.75) is 26.8 Å². The van der Waals surface area contributed by atoms with Crippen molar-refractivity contribution in [1.29, 1.82) is 0 Å². The fraction of sp³-hybridized carbons (Fsp3) is 0.333. The Bertz CT molecular complexity index is 1070. The highest BCUT2D eigenvalue weighted by atomic mass is 16.7. The lowest BCUT2D eigenvalue weighted by Gasteiger charge is -2.20. The van der Waals surface area contributed by atoms with Crippen LogP contribution in [-0.2, 0) is 14.3 Å². The summed E-state index contributed by atoms with van der Waals surface area (Å²) in [6.45, 7) is 5.54. The molecule has 2 aromatic rings. The minimum atomic E-state index is -0.811. The van der Waals surface area contributed by atoms with E-state index in [0.717, 1.165) is 0 Å². The van der Waals surface area contributed by atoms with Crippen LogP contribution in [-0.4, -0.2) is 50.0 Å². The van der Waals surface area contributed by atoms with Gasteiger partial charge in [0, 0.05) is 5.56 Å². The maximum atomic E-state index is 12.7. The van der Waals surface area contributed by atoms with Crippen molar-refractivity contribution >= 4 is 24.0 Å². The number of fused-ring (bicyclic) bond motifs is 1. The summed E-state index contributed by atoms with van der Waals surface area (Å²) in [6, 6.07) is 10.9. The predicted octanol–water partition coefficient (Wildman–Crippen LogP) is 2.26. The maximum Gasteiger partial charge on any atom is 0.344 e. The second-order valence-corrected chi connectivity index (χ2v) is 7.66. The van der Waals surface area contributed by atoms with Crippen LogP contribution < -0.4 is 25.0 Å². The summed E-state index contributed by atoms with van der Waals surface area (Å²) in [5, 5.41) is 6.71. The number of hydrogen-bond acceptors (Lipinski definition) is 8. The molecule has 2 amide bonds. The van der Waals surface area contributed by atoms with Crippen LogP contribution in [0.15, 0.2) is 47.6 Å². The van der Waals surface area contributed by atoms with Crippen molar-refractivity contribution in [2.24, 2.45) is 11.0 Å². The molecule has 34 heavy (non-hydrogen) atoms. The van der Waals surface area contributed by atoms with Crippen molar-refractivity contribution in [3.05, 3.63) is 53.6 Å². The number of esters is 1. The van der Waals surface area contributed by atoms with Crippen LogP contribution in [0.25, 0.3) is 0 Å². The number of ether oxygens (including phenoxy) is 4. The highest BCUT2D eigenvalue weighted by molar-refractivity contribution is 5.98. The standard InChI is InChI=1S/C24H27N3O7/c1-4-31-21(28)13-32-18-7-5-6-16(10-18)12-25-27-24(30)22(15(2)3)26-23(29)17-8-9-19-20(11-17)34-14-33-19/h5-12,15,22H,4,13-14H2,1-3H3,(H,26,29)(H,27,30). The fourth-order valence-electron chi connectivity index (χ4n) is 3.07. The summed E-state index contributed by atoms with van der Waals surface area (Å²) in [5.74, 6) is -0.0169. The van der Waals surface area contributed by atoms with E-state index in [4.69, 9.17) is 18.9 Å². The summed E-state index contributed by atoms with van der Waals surface area (Å²) < 4.78 is 20.8. The number of hydrogen-bond donors (Lipinski definition) is 2. The van der Waals surface area contributed by atoms with Gasteiger partial charge in [-0.25, -0.2) is 10.2 Å². The molecule has 1 atom stereocenters. The van der Waals surface area contributed by atoms with Crippen molar-refractivity contribution in [1.82, 2.24) is 10.7 Å². The van der Waals surface area contributed by atoms with Crippen LogP contribution >= 0.6 is 0 Å². The van der Waals surface area contributed by atoms with Gasteiger partial charge in [-0.15, -0.1) is 0 Å². The highest BCUT2D eigenvalue weighted by Gasteiger charge is 2.25. The van der Waals surface area contributed by atoms with Crippen LogP contribution in [0.1, 0.15) is 36.7 Å². The van der Waals surface area contributed by atoms with Crippen LogP contribution in [0.4, 0.5) is 0 Å². The normalized spacial score (nSPS) is 12.9. The fourth-order valence-corrected chi connectivity index (χ4v) is 3.07. The van der Waals surface area contributed by atoms with Gasteiger partial charge in [-0.05, 0) is 48.7 Å². The van der Waals surface area contributed by atoms with E-state index in [0.29, 0.717) is 28.4 Å². The van der Waals surface area contributed by atoms with Crippen molar-refractivity contribution in [2.75, 3.05) is 20.0 Å². The average molecular weight is 469 g/mol. The molecular weight excluding hydrogens is 442 g/mol. The molecule has 0 fully saturated rings. The Kier molecular flexibility index (Phi) is 8.44. The molecule has 0 aromatic heterocycles. The Morgan fingerprint density at radius 3 is 2.68 bits per heavy atom. The third-order valence-corrected chi connectivity index (χ3v) is 4.78. The lowest BCUT2D eigenvalue weighted by Crippen LogP contribution is -2.48. The third kappa shape index (κ3) is 6.71. The lowest BCUT2D eigenvalue weighted by molar-refractivity contribution is -0.145. The van der Waals surface area contributed by atoms with Gasteiger partial charge in [-0.2, -0.15) is 5.10 Å². The van der Waals surface area contributed by atoms with Gasteiger partial charge in [0.1, 0.15) is 11.8 Å². The second kappa shape index (κ2) is 11.7. The van der Waals surface area contributed by atoms with E-state index in [1.165, 1.54) is 6.21 Å². The Morgan fingerprint density at radius 1 is 1.12 bits per heavy atom. The number of hydrazone groups is 1. The molecule has 0 saturated heterocycles. The molecule has 1 aliphatic heterocycles. The van der Waals surface area contributed by atoms with Gasteiger partial charge < -0.3 is 24.3 Å². The van der Waals surface area contributed by atoms with Gasteiger partial charge in [0.2, 0.25) is 6.79 Å². The first kappa shape index (κ1) is 24.6. The summed E-state index contributed by atoms with van der Waals surface area (Å²) in [7, 11) is 0. The van der Waals surface area contributed by atoms with Crippen molar-refractivity contribution in [3.8, 4) is 17.2 Å². The number of amides is 2. The molecule has 0 spiro atoms. The van der Waals surface area contributed by atoms with E-state index in [1.807, 2.05) is 13.8 Å². The molecule has 2 aromatic carbocycles. The lowest BCUT2D eigenvalue weighted by atomic mass is 10.0. The Hall–Kier alpha value is -4.08. The number of carbonyl (C=O) groups excluding carboxylic acids is 3. The zero-order valence-electron chi connectivity index (χ0n) is 19.2. The van der Waals surface area contributed by atoms with E-state index in [-0.39, 0.29) is 25.9 Å². The largest absolute Gasteiger partial charge is 0.482 e. The van der Waals surface area contributed by atoms with Gasteiger partial charge in [0.05, 0.1) is 12.8 Å². The van der Waals surface area contributed by atoms with E-state index in [1.54, 1.807) is 49.4 Å². The summed E-state index contributed by atoms with van der Waals surface area (Å²) >= 11 is 0. The molecular formula is C24H27N3O7. The number of rotatable bonds is 10. The minimum absolute atomic E-state index is 0.107. The molecule has 10 heteroatoms. The molecule has 0 saturated carbocycles. The van der Waals surface area contributed by atoms with Crippen LogP contribution in [0.5, 0.6) is 17.2 Å². The first-order valence-corrected chi connectivity index (χ1v) is 10.8. The van der Waals surface area contributed by atoms with Gasteiger partial charge >= 0.3 is 5.97 Å². The molecule has 180 valence electrons. The zero-order valence-corrected chi connectivity index (χ0v) is 19.2. The van der Waals surface area contributed by atoms with E-state index in [2.05, 4.69) is 15.8 Å². The Balaban J connectivity index is 1.57. The smallest absolute Gasteiger partial charge is 0.344 e. The molecule has 1 aliphatic rings. The number of nitrogens with one attached hydrogen (secondary N) is 2. The minimum Gasteiger partial charge on any atom is -0.482 e. The van der Waals surface area contributed by atoms with Gasteiger partial charge in [0.25, 0.3) is 11.8 Å². The van der Waals surface area contributed by atoms with Crippen LogP contribution in [0.2, 0.25) is 0 Å². The topological polar surface area (TPSA) is 125 Å². The SMILES string of the molecule is CCOC(=O)COc1cccc(C=NNC(=O)C(NC(=O)c2ccc3c(c2)OCO3)C(C)C)c1. The van der Waals surface area contributed by atoms with Gasteiger partial charge in [-0.1, -0.05) is 26.0 Å². The number of nitrogens with zero attached hydrogens (tertiary/aromatic N) is 1. The quantitative estimate of drug-likeness (QED) is 0.311. The van der Waals surface area contributed by atoms with Crippen LogP contribution in [0.3, 0.4) is 0 Å². The summed E-state index contributed by atoms with van der Waals surface area (Å²) in [4.78, 5) is 36.8. The third-order valence-electron chi connectivity index (χ3n) is 4.78. The van der Waals surface area contributed by atoms with Crippen molar-refractivity contribution in [3.63, 3.8) is 0 Å². The Morgan fingerprint density at radius 2 is 1.91 bits per heavy atom. The summed E-state index contributed by atoms with van der Waals surface area (Å²) in [5.41, 5.74) is 3.45. The zero-order chi connectivity index (χ0) is 24.5. The maximum absolute atomic E-state index is 12.7. The molecule has 3 rings (SSSR count). The molecule has 2 N–H and O–H groups in total. The van der Waals surface area contributed by atoms with E-state index >= 15 is 0 Å². The highest BCUT2D eigenvalue weighted by Crippen LogP contribution is 2.32. The average Bonchev–Trinajstić information content (AvgIpc) is 3.29. The monoisotopic (exact) mass is 469 g/mol.